The maximum absolute atomic E-state index is 10.3. The first-order valence-electron chi connectivity index (χ1n) is 2.43. The molecule has 1 amide bonds. The van der Waals surface area contributed by atoms with Gasteiger partial charge >= 0.3 is 0 Å². The maximum Gasteiger partial charge on any atom is 0.268 e. The van der Waals surface area contributed by atoms with Crippen LogP contribution in [0.4, 0.5) is 0 Å². The Balaban J connectivity index is 3.60. The lowest BCUT2D eigenvalue weighted by atomic mass is 10.5. The number of hydrogen-bond donors (Lipinski definition) is 0. The molecule has 0 aliphatic heterocycles. The number of carbonyl (C=O) groups excluding carboxylic acids is 1. The first-order valence-corrected chi connectivity index (χ1v) is 2.43. The van der Waals surface area contributed by atoms with Crippen molar-refractivity contribution in [3.05, 3.63) is 12.7 Å². The van der Waals surface area contributed by atoms with Crippen molar-refractivity contribution < 1.29 is 4.79 Å². The highest BCUT2D eigenvalue weighted by Crippen LogP contribution is 1.74. The molecule has 0 aromatic carbocycles. The van der Waals surface area contributed by atoms with Gasteiger partial charge in [-0.15, -0.1) is 12.3 Å². The van der Waals surface area contributed by atoms with Crippen molar-refractivity contribution in [3.8, 4) is 12.3 Å². The minimum atomic E-state index is -0.356. The zero-order chi connectivity index (χ0) is 7.11. The van der Waals surface area contributed by atoms with Crippen molar-refractivity contribution in [2.75, 3.05) is 0 Å². The van der Waals surface area contributed by atoms with E-state index in [9.17, 15) is 4.79 Å². The zero-order valence-corrected chi connectivity index (χ0v) is 5.00. The van der Waals surface area contributed by atoms with E-state index in [2.05, 4.69) is 17.5 Å². The molecule has 0 spiro atoms. The minimum Gasteiger partial charge on any atom is -0.268 e. The predicted octanol–water partition coefficient (Wildman–Crippen LogP) is 0.793. The normalized spacial score (nSPS) is 8.78. The summed E-state index contributed by atoms with van der Waals surface area (Å²) >= 11 is 0. The van der Waals surface area contributed by atoms with Gasteiger partial charge in [0.25, 0.3) is 5.91 Å². The third kappa shape index (κ3) is 4.49. The summed E-state index contributed by atoms with van der Waals surface area (Å²) in [7, 11) is 0. The molecule has 0 aliphatic carbocycles. The van der Waals surface area contributed by atoms with Gasteiger partial charge in [-0.05, 0) is 6.08 Å². The van der Waals surface area contributed by atoms with Crippen LogP contribution in [-0.4, -0.2) is 12.1 Å². The summed E-state index contributed by atoms with van der Waals surface area (Å²) in [5.41, 5.74) is 0. The van der Waals surface area contributed by atoms with Crippen LogP contribution in [0.2, 0.25) is 0 Å². The van der Waals surface area contributed by atoms with Crippen molar-refractivity contribution in [1.82, 2.24) is 0 Å². The van der Waals surface area contributed by atoms with Gasteiger partial charge in [-0.1, -0.05) is 6.58 Å². The second-order valence-corrected chi connectivity index (χ2v) is 1.26. The van der Waals surface area contributed by atoms with E-state index in [1.165, 1.54) is 6.21 Å². The number of hydrogen-bond acceptors (Lipinski definition) is 1. The van der Waals surface area contributed by atoms with Crippen LogP contribution in [0.3, 0.4) is 0 Å². The lowest BCUT2D eigenvalue weighted by molar-refractivity contribution is -0.113. The molecule has 0 fully saturated rings. The number of aliphatic imine (C=N–C) groups is 1. The lowest BCUT2D eigenvalue weighted by Gasteiger charge is -1.76. The van der Waals surface area contributed by atoms with E-state index in [-0.39, 0.29) is 5.91 Å². The molecular formula is C7H7NO. The highest BCUT2D eigenvalue weighted by molar-refractivity contribution is 5.93. The molecule has 46 valence electrons. The SMILES string of the molecule is C#CCC=NC(=O)C=C. The molecule has 9 heavy (non-hydrogen) atoms. The van der Waals surface area contributed by atoms with Crippen molar-refractivity contribution in [2.24, 2.45) is 4.99 Å². The summed E-state index contributed by atoms with van der Waals surface area (Å²) in [5.74, 6) is 1.96. The molecule has 0 heterocycles. The van der Waals surface area contributed by atoms with E-state index in [0.29, 0.717) is 6.42 Å². The highest BCUT2D eigenvalue weighted by atomic mass is 16.1. The summed E-state index contributed by atoms with van der Waals surface area (Å²) < 4.78 is 0. The fourth-order valence-corrected chi connectivity index (χ4v) is 0.241. The first kappa shape index (κ1) is 7.64. The van der Waals surface area contributed by atoms with Crippen LogP contribution in [0.25, 0.3) is 0 Å². The van der Waals surface area contributed by atoms with E-state index in [1.54, 1.807) is 0 Å². The molecule has 0 bridgehead atoms. The smallest absolute Gasteiger partial charge is 0.268 e. The minimum absolute atomic E-state index is 0.356. The van der Waals surface area contributed by atoms with Gasteiger partial charge in [0.05, 0.1) is 0 Å². The number of terminal acetylenes is 1. The predicted molar refractivity (Wildman–Crippen MR) is 37.1 cm³/mol. The largest absolute Gasteiger partial charge is 0.268 e. The van der Waals surface area contributed by atoms with Crippen molar-refractivity contribution in [3.63, 3.8) is 0 Å². The van der Waals surface area contributed by atoms with Gasteiger partial charge in [0, 0.05) is 12.6 Å². The van der Waals surface area contributed by atoms with Gasteiger partial charge in [0.2, 0.25) is 0 Å². The van der Waals surface area contributed by atoms with E-state index >= 15 is 0 Å². The molecule has 0 saturated heterocycles. The van der Waals surface area contributed by atoms with Crippen molar-refractivity contribution in [2.45, 2.75) is 6.42 Å². The Morgan fingerprint density at radius 1 is 1.89 bits per heavy atom. The second-order valence-electron chi connectivity index (χ2n) is 1.26. The average Bonchev–Trinajstić information content (AvgIpc) is 1.89. The Labute approximate surface area is 54.3 Å². The Morgan fingerprint density at radius 3 is 3.00 bits per heavy atom. The Bertz CT molecular complexity index is 174. The van der Waals surface area contributed by atoms with Crippen LogP contribution >= 0.6 is 0 Å². The Kier molecular flexibility index (Phi) is 4.07. The molecule has 0 aromatic heterocycles. The monoisotopic (exact) mass is 121 g/mol. The molecule has 0 atom stereocenters. The summed E-state index contributed by atoms with van der Waals surface area (Å²) in [6, 6.07) is 0. The summed E-state index contributed by atoms with van der Waals surface area (Å²) in [6.45, 7) is 3.22. The quantitative estimate of drug-likeness (QED) is 0.302. The number of amides is 1. The summed E-state index contributed by atoms with van der Waals surface area (Å²) in [6.07, 6.45) is 7.78. The molecule has 2 heteroatoms. The Morgan fingerprint density at radius 2 is 2.56 bits per heavy atom. The van der Waals surface area contributed by atoms with Crippen molar-refractivity contribution >= 4 is 12.1 Å². The topological polar surface area (TPSA) is 29.4 Å². The Hall–Kier alpha value is -1.36. The molecule has 0 aromatic rings. The molecule has 0 rings (SSSR count). The lowest BCUT2D eigenvalue weighted by Crippen LogP contribution is -1.84. The van der Waals surface area contributed by atoms with E-state index in [4.69, 9.17) is 6.42 Å². The third-order valence-electron chi connectivity index (χ3n) is 0.602. The zero-order valence-electron chi connectivity index (χ0n) is 5.00. The average molecular weight is 121 g/mol. The van der Waals surface area contributed by atoms with Gasteiger partial charge in [0.15, 0.2) is 0 Å². The standard InChI is InChI=1S/C7H7NO/c1-3-5-6-8-7(9)4-2/h1,4,6H,2,5H2. The molecule has 2 nitrogen and oxygen atoms in total. The molecule has 0 N–H and O–H groups in total. The third-order valence-corrected chi connectivity index (χ3v) is 0.602. The number of rotatable bonds is 2. The van der Waals surface area contributed by atoms with Crippen LogP contribution in [-0.2, 0) is 4.79 Å². The fourth-order valence-electron chi connectivity index (χ4n) is 0.241. The van der Waals surface area contributed by atoms with Crippen LogP contribution in [0.1, 0.15) is 6.42 Å². The molecule has 0 unspecified atom stereocenters. The number of nitrogens with zero attached hydrogens (tertiary/aromatic N) is 1. The van der Waals surface area contributed by atoms with Gasteiger partial charge in [-0.25, -0.2) is 4.99 Å². The maximum atomic E-state index is 10.3. The highest BCUT2D eigenvalue weighted by Gasteiger charge is 1.82. The van der Waals surface area contributed by atoms with Crippen LogP contribution in [0.5, 0.6) is 0 Å². The van der Waals surface area contributed by atoms with Crippen molar-refractivity contribution in [1.29, 1.82) is 0 Å². The first-order chi connectivity index (χ1) is 4.31. The molecule has 0 saturated carbocycles. The molecule has 0 radical (unpaired) electrons. The fraction of sp³-hybridized carbons (Fsp3) is 0.143. The summed E-state index contributed by atoms with van der Waals surface area (Å²) in [5, 5.41) is 0. The van der Waals surface area contributed by atoms with Gasteiger partial charge in [-0.2, -0.15) is 0 Å². The van der Waals surface area contributed by atoms with E-state index < -0.39 is 0 Å². The van der Waals surface area contributed by atoms with E-state index in [0.717, 1.165) is 6.08 Å². The molecular weight excluding hydrogens is 114 g/mol. The van der Waals surface area contributed by atoms with Crippen LogP contribution in [0.15, 0.2) is 17.6 Å². The van der Waals surface area contributed by atoms with Gasteiger partial charge in [0.1, 0.15) is 0 Å². The van der Waals surface area contributed by atoms with Crippen LogP contribution < -0.4 is 0 Å². The van der Waals surface area contributed by atoms with Gasteiger partial charge in [-0.3, -0.25) is 4.79 Å². The molecule has 0 aliphatic rings. The van der Waals surface area contributed by atoms with Gasteiger partial charge < -0.3 is 0 Å². The van der Waals surface area contributed by atoms with Crippen LogP contribution in [0, 0.1) is 12.3 Å². The number of carbonyl (C=O) groups is 1. The second kappa shape index (κ2) is 4.79. The van der Waals surface area contributed by atoms with E-state index in [1.807, 2.05) is 0 Å². The summed E-state index contributed by atoms with van der Waals surface area (Å²) in [4.78, 5) is 13.7.